The summed E-state index contributed by atoms with van der Waals surface area (Å²) in [4.78, 5) is 12.4. The lowest BCUT2D eigenvalue weighted by molar-refractivity contribution is 0.0981. The van der Waals surface area contributed by atoms with Crippen LogP contribution < -0.4 is 15.4 Å². The van der Waals surface area contributed by atoms with E-state index in [0.29, 0.717) is 17.8 Å². The Morgan fingerprint density at radius 3 is 1.88 bits per heavy atom. The first-order valence-corrected chi connectivity index (χ1v) is 12.5. The number of hydrogen-bond donors (Lipinski definition) is 3. The number of aryl methyl sites for hydroxylation is 1. The second kappa shape index (κ2) is 10.1. The van der Waals surface area contributed by atoms with Crippen molar-refractivity contribution < 1.29 is 13.2 Å². The molecule has 0 saturated carbocycles. The molecule has 0 aromatic heterocycles. The molecule has 0 spiro atoms. The van der Waals surface area contributed by atoms with Crippen LogP contribution in [0.5, 0.6) is 0 Å². The highest BCUT2D eigenvalue weighted by molar-refractivity contribution is 7.90. The zero-order chi connectivity index (χ0) is 24.1. The van der Waals surface area contributed by atoms with Crippen LogP contribution in [0.2, 0.25) is 0 Å². The Morgan fingerprint density at radius 1 is 0.788 bits per heavy atom. The molecule has 6 nitrogen and oxygen atoms in total. The molecule has 3 N–H and O–H groups in total. The van der Waals surface area contributed by atoms with E-state index in [9.17, 15) is 13.2 Å². The van der Waals surface area contributed by atoms with E-state index in [0.717, 1.165) is 11.3 Å². The average molecular weight is 466 g/mol. The van der Waals surface area contributed by atoms with Crippen LogP contribution in [0.25, 0.3) is 0 Å². The summed E-state index contributed by atoms with van der Waals surface area (Å²) in [6, 6.07) is 22.6. The highest BCUT2D eigenvalue weighted by Crippen LogP contribution is 2.22. The van der Waals surface area contributed by atoms with Gasteiger partial charge in [0, 0.05) is 23.5 Å². The standard InChI is InChI=1S/C26H31N3O3S/c1-19-5-7-20(8-6-19)17-27-23-13-15-24(16-14-23)28-18-33(31,32)29-25(30)21-9-11-22(12-10-21)26(2,3)4/h5-16,27-28H,17-18H2,1-4H3,(H,29,30). The van der Waals surface area contributed by atoms with Gasteiger partial charge in [0.2, 0.25) is 0 Å². The summed E-state index contributed by atoms with van der Waals surface area (Å²) in [5, 5.41) is 6.18. The first-order chi connectivity index (χ1) is 15.5. The normalized spacial score (nSPS) is 11.6. The lowest BCUT2D eigenvalue weighted by atomic mass is 9.87. The van der Waals surface area contributed by atoms with Gasteiger partial charge in [-0.15, -0.1) is 0 Å². The third-order valence-electron chi connectivity index (χ3n) is 5.23. The molecule has 3 rings (SSSR count). The maximum atomic E-state index is 12.4. The minimum atomic E-state index is -3.85. The molecule has 3 aromatic carbocycles. The Labute approximate surface area is 196 Å². The number of carbonyl (C=O) groups excluding carboxylic acids is 1. The number of anilines is 2. The highest BCUT2D eigenvalue weighted by Gasteiger charge is 2.18. The van der Waals surface area contributed by atoms with Gasteiger partial charge in [-0.2, -0.15) is 0 Å². The lowest BCUT2D eigenvalue weighted by Crippen LogP contribution is -2.34. The SMILES string of the molecule is Cc1ccc(CNc2ccc(NCS(=O)(=O)NC(=O)c3ccc(C(C)(C)C)cc3)cc2)cc1. The molecule has 0 saturated heterocycles. The Hall–Kier alpha value is -3.32. The molecule has 0 heterocycles. The molecule has 1 amide bonds. The van der Waals surface area contributed by atoms with Gasteiger partial charge in [-0.05, 0) is 59.9 Å². The van der Waals surface area contributed by atoms with Gasteiger partial charge in [0.25, 0.3) is 15.9 Å². The van der Waals surface area contributed by atoms with Gasteiger partial charge in [0.15, 0.2) is 0 Å². The van der Waals surface area contributed by atoms with Crippen molar-refractivity contribution in [1.29, 1.82) is 0 Å². The number of sulfonamides is 1. The number of benzene rings is 3. The van der Waals surface area contributed by atoms with Gasteiger partial charge in [0.05, 0.1) is 0 Å². The fourth-order valence-electron chi connectivity index (χ4n) is 3.15. The van der Waals surface area contributed by atoms with Crippen LogP contribution in [0.3, 0.4) is 0 Å². The van der Waals surface area contributed by atoms with Gasteiger partial charge in [-0.25, -0.2) is 13.1 Å². The molecule has 0 aliphatic carbocycles. The van der Waals surface area contributed by atoms with Gasteiger partial charge in [-0.1, -0.05) is 62.7 Å². The predicted octanol–water partition coefficient (Wildman–Crippen LogP) is 5.03. The molecule has 0 aliphatic rings. The first kappa shape index (κ1) is 24.3. The molecule has 0 aliphatic heterocycles. The second-order valence-electron chi connectivity index (χ2n) is 9.11. The maximum Gasteiger partial charge on any atom is 0.264 e. The number of hydrogen-bond acceptors (Lipinski definition) is 5. The third-order valence-corrected chi connectivity index (χ3v) is 6.25. The van der Waals surface area contributed by atoms with E-state index >= 15 is 0 Å². The zero-order valence-corrected chi connectivity index (χ0v) is 20.3. The fraction of sp³-hybridized carbons (Fsp3) is 0.269. The average Bonchev–Trinajstić information content (AvgIpc) is 2.77. The Kier molecular flexibility index (Phi) is 7.43. The summed E-state index contributed by atoms with van der Waals surface area (Å²) in [6.45, 7) is 8.98. The summed E-state index contributed by atoms with van der Waals surface area (Å²) in [5.41, 5.74) is 5.29. The van der Waals surface area contributed by atoms with Crippen LogP contribution in [0, 0.1) is 6.92 Å². The minimum absolute atomic E-state index is 0.0449. The summed E-state index contributed by atoms with van der Waals surface area (Å²) >= 11 is 0. The number of rotatable bonds is 8. The molecule has 33 heavy (non-hydrogen) atoms. The Morgan fingerprint density at radius 2 is 1.33 bits per heavy atom. The number of carbonyl (C=O) groups is 1. The fourth-order valence-corrected chi connectivity index (χ4v) is 3.98. The maximum absolute atomic E-state index is 12.4. The van der Waals surface area contributed by atoms with Crippen molar-refractivity contribution in [3.8, 4) is 0 Å². The smallest absolute Gasteiger partial charge is 0.264 e. The van der Waals surface area contributed by atoms with Crippen molar-refractivity contribution in [2.24, 2.45) is 0 Å². The lowest BCUT2D eigenvalue weighted by Gasteiger charge is -2.19. The molecule has 0 radical (unpaired) electrons. The monoisotopic (exact) mass is 465 g/mol. The molecular formula is C26H31N3O3S. The van der Waals surface area contributed by atoms with E-state index in [1.165, 1.54) is 11.1 Å². The van der Waals surface area contributed by atoms with Crippen LogP contribution in [0.1, 0.15) is 47.8 Å². The zero-order valence-electron chi connectivity index (χ0n) is 19.5. The molecule has 174 valence electrons. The molecular weight excluding hydrogens is 434 g/mol. The summed E-state index contributed by atoms with van der Waals surface area (Å²) < 4.78 is 26.8. The molecule has 0 bridgehead atoms. The molecule has 3 aromatic rings. The van der Waals surface area contributed by atoms with Crippen LogP contribution in [-0.4, -0.2) is 20.2 Å². The first-order valence-electron chi connectivity index (χ1n) is 10.8. The van der Waals surface area contributed by atoms with Gasteiger partial charge < -0.3 is 10.6 Å². The van der Waals surface area contributed by atoms with E-state index in [1.807, 2.05) is 24.3 Å². The van der Waals surface area contributed by atoms with Crippen LogP contribution in [-0.2, 0) is 22.0 Å². The van der Waals surface area contributed by atoms with Gasteiger partial charge in [0.1, 0.15) is 5.88 Å². The van der Waals surface area contributed by atoms with Crippen molar-refractivity contribution in [1.82, 2.24) is 4.72 Å². The van der Waals surface area contributed by atoms with E-state index in [1.54, 1.807) is 24.3 Å². The molecule has 0 unspecified atom stereocenters. The predicted molar refractivity (Wildman–Crippen MR) is 135 cm³/mol. The van der Waals surface area contributed by atoms with Gasteiger partial charge >= 0.3 is 0 Å². The van der Waals surface area contributed by atoms with Crippen molar-refractivity contribution >= 4 is 27.3 Å². The Balaban J connectivity index is 1.51. The largest absolute Gasteiger partial charge is 0.381 e. The van der Waals surface area contributed by atoms with Crippen LogP contribution >= 0.6 is 0 Å². The number of amides is 1. The summed E-state index contributed by atoms with van der Waals surface area (Å²) in [6.07, 6.45) is 0. The topological polar surface area (TPSA) is 87.3 Å². The van der Waals surface area contributed by atoms with Crippen molar-refractivity contribution in [2.75, 3.05) is 16.5 Å². The van der Waals surface area contributed by atoms with E-state index in [2.05, 4.69) is 67.3 Å². The Bertz CT molecular complexity index is 1180. The van der Waals surface area contributed by atoms with Gasteiger partial charge in [-0.3, -0.25) is 4.79 Å². The highest BCUT2D eigenvalue weighted by atomic mass is 32.2. The van der Waals surface area contributed by atoms with E-state index in [4.69, 9.17) is 0 Å². The van der Waals surface area contributed by atoms with Crippen LogP contribution in [0.4, 0.5) is 11.4 Å². The third kappa shape index (κ3) is 7.36. The molecule has 0 fully saturated rings. The van der Waals surface area contributed by atoms with Crippen molar-refractivity contribution in [2.45, 2.75) is 39.7 Å². The molecule has 0 atom stereocenters. The van der Waals surface area contributed by atoms with E-state index < -0.39 is 21.8 Å². The van der Waals surface area contributed by atoms with Crippen molar-refractivity contribution in [3.63, 3.8) is 0 Å². The second-order valence-corrected chi connectivity index (χ2v) is 10.8. The number of nitrogens with one attached hydrogen (secondary N) is 3. The molecule has 7 heteroatoms. The van der Waals surface area contributed by atoms with E-state index in [-0.39, 0.29) is 5.41 Å². The van der Waals surface area contributed by atoms with Crippen molar-refractivity contribution in [3.05, 3.63) is 95.1 Å². The quantitative estimate of drug-likeness (QED) is 0.434. The van der Waals surface area contributed by atoms with Crippen LogP contribution in [0.15, 0.2) is 72.8 Å². The summed E-state index contributed by atoms with van der Waals surface area (Å²) in [5.74, 6) is -1.05. The minimum Gasteiger partial charge on any atom is -0.381 e. The summed E-state index contributed by atoms with van der Waals surface area (Å²) in [7, 11) is -3.85.